The number of amides is 1. The molecule has 30 heavy (non-hydrogen) atoms. The summed E-state index contributed by atoms with van der Waals surface area (Å²) in [5, 5.41) is 3.51. The van der Waals surface area contributed by atoms with Crippen LogP contribution in [0.25, 0.3) is 11.0 Å². The fraction of sp³-hybridized carbons (Fsp3) is 0.333. The predicted octanol–water partition coefficient (Wildman–Crippen LogP) is 4.69. The summed E-state index contributed by atoms with van der Waals surface area (Å²) in [6.45, 7) is 2.66. The van der Waals surface area contributed by atoms with E-state index in [2.05, 4.69) is 10.3 Å². The normalized spacial score (nSPS) is 18.0. The number of rotatable bonds is 4. The van der Waals surface area contributed by atoms with E-state index in [1.807, 2.05) is 0 Å². The van der Waals surface area contributed by atoms with Gasteiger partial charge in [-0.15, -0.1) is 0 Å². The minimum Gasteiger partial charge on any atom is -0.459 e. The monoisotopic (exact) mass is 421 g/mol. The molecule has 0 radical (unpaired) electrons. The average Bonchev–Trinajstić information content (AvgIpc) is 3.34. The molecule has 3 aromatic rings. The topological polar surface area (TPSA) is 58.4 Å². The number of pyridine rings is 1. The Hall–Kier alpha value is -3.10. The second-order valence-electron chi connectivity index (χ2n) is 7.40. The number of halogens is 4. The smallest absolute Gasteiger partial charge is 0.417 e. The van der Waals surface area contributed by atoms with Gasteiger partial charge in [0, 0.05) is 24.7 Å². The molecule has 1 N–H and O–H groups in total. The van der Waals surface area contributed by atoms with Crippen LogP contribution >= 0.6 is 0 Å². The summed E-state index contributed by atoms with van der Waals surface area (Å²) in [7, 11) is 0. The molecule has 1 saturated heterocycles. The van der Waals surface area contributed by atoms with Crippen LogP contribution in [0, 0.1) is 11.7 Å². The van der Waals surface area contributed by atoms with E-state index >= 15 is 0 Å². The van der Waals surface area contributed by atoms with Gasteiger partial charge in [0.15, 0.2) is 0 Å². The maximum atomic E-state index is 13.3. The number of hydrogen-bond donors (Lipinski definition) is 1. The predicted molar refractivity (Wildman–Crippen MR) is 102 cm³/mol. The third-order valence-corrected chi connectivity index (χ3v) is 5.24. The van der Waals surface area contributed by atoms with Gasteiger partial charge in [0.1, 0.15) is 23.0 Å². The van der Waals surface area contributed by atoms with E-state index in [-0.39, 0.29) is 17.6 Å². The van der Waals surface area contributed by atoms with Crippen molar-refractivity contribution in [3.8, 4) is 0 Å². The molecule has 1 aromatic carbocycles. The van der Waals surface area contributed by atoms with Crippen LogP contribution in [0.5, 0.6) is 0 Å². The lowest BCUT2D eigenvalue weighted by atomic mass is 10.1. The Balaban J connectivity index is 1.38. The summed E-state index contributed by atoms with van der Waals surface area (Å²) in [6.07, 6.45) is -3.07. The van der Waals surface area contributed by atoms with Crippen LogP contribution in [0.15, 0.2) is 47.0 Å². The van der Waals surface area contributed by atoms with Crippen molar-refractivity contribution in [2.24, 2.45) is 5.92 Å². The summed E-state index contributed by atoms with van der Waals surface area (Å²) >= 11 is 0. The highest BCUT2D eigenvalue weighted by molar-refractivity contribution is 5.81. The van der Waals surface area contributed by atoms with E-state index in [0.29, 0.717) is 42.1 Å². The van der Waals surface area contributed by atoms with Gasteiger partial charge in [0.2, 0.25) is 5.91 Å². The van der Waals surface area contributed by atoms with Crippen molar-refractivity contribution >= 4 is 22.7 Å². The zero-order valence-electron chi connectivity index (χ0n) is 16.0. The highest BCUT2D eigenvalue weighted by atomic mass is 19.4. The Labute approximate surface area is 169 Å². The molecule has 0 bridgehead atoms. The van der Waals surface area contributed by atoms with Crippen LogP contribution in [0.4, 0.5) is 23.4 Å². The molecule has 5 nitrogen and oxygen atoms in total. The zero-order valence-corrected chi connectivity index (χ0v) is 16.0. The summed E-state index contributed by atoms with van der Waals surface area (Å²) in [5.41, 5.74) is -0.271. The average molecular weight is 421 g/mol. The van der Waals surface area contributed by atoms with Gasteiger partial charge >= 0.3 is 6.18 Å². The maximum Gasteiger partial charge on any atom is 0.417 e. The third kappa shape index (κ3) is 4.10. The molecule has 1 amide bonds. The van der Waals surface area contributed by atoms with Gasteiger partial charge in [-0.25, -0.2) is 9.37 Å². The molecular weight excluding hydrogens is 402 g/mol. The molecule has 158 valence electrons. The first kappa shape index (κ1) is 20.2. The number of furan rings is 1. The molecule has 1 fully saturated rings. The number of benzene rings is 1. The van der Waals surface area contributed by atoms with Crippen molar-refractivity contribution in [1.82, 2.24) is 10.3 Å². The van der Waals surface area contributed by atoms with Gasteiger partial charge < -0.3 is 14.6 Å². The van der Waals surface area contributed by atoms with E-state index in [1.165, 1.54) is 24.3 Å². The number of hydrogen-bond acceptors (Lipinski definition) is 4. The first-order chi connectivity index (χ1) is 14.2. The first-order valence-corrected chi connectivity index (χ1v) is 9.48. The molecule has 4 rings (SSSR count). The Morgan fingerprint density at radius 2 is 2.07 bits per heavy atom. The molecule has 1 unspecified atom stereocenters. The zero-order chi connectivity index (χ0) is 21.5. The first-order valence-electron chi connectivity index (χ1n) is 9.48. The number of fused-ring (bicyclic) bond motifs is 1. The van der Waals surface area contributed by atoms with Gasteiger partial charge in [-0.3, -0.25) is 4.79 Å². The van der Waals surface area contributed by atoms with Gasteiger partial charge in [0.05, 0.1) is 17.5 Å². The summed E-state index contributed by atoms with van der Waals surface area (Å²) in [4.78, 5) is 18.3. The summed E-state index contributed by atoms with van der Waals surface area (Å²) in [5.74, 6) is 0.0604. The molecule has 3 heterocycles. The van der Waals surface area contributed by atoms with Crippen LogP contribution in [0.3, 0.4) is 0 Å². The number of carbonyl (C=O) groups is 1. The van der Waals surface area contributed by atoms with E-state index in [1.54, 1.807) is 17.9 Å². The number of anilines is 1. The maximum absolute atomic E-state index is 13.3. The van der Waals surface area contributed by atoms with Crippen molar-refractivity contribution in [2.45, 2.75) is 25.6 Å². The summed E-state index contributed by atoms with van der Waals surface area (Å²) in [6, 6.07) is 7.79. The Morgan fingerprint density at radius 3 is 2.77 bits per heavy atom. The van der Waals surface area contributed by atoms with Crippen LogP contribution in [0.2, 0.25) is 0 Å². The molecule has 1 aliphatic rings. The van der Waals surface area contributed by atoms with Crippen molar-refractivity contribution in [2.75, 3.05) is 18.0 Å². The van der Waals surface area contributed by atoms with Gasteiger partial charge in [0.25, 0.3) is 0 Å². The highest BCUT2D eigenvalue weighted by Crippen LogP contribution is 2.31. The van der Waals surface area contributed by atoms with Crippen LogP contribution in [0.1, 0.15) is 30.7 Å². The Kier molecular flexibility index (Phi) is 5.13. The lowest BCUT2D eigenvalue weighted by molar-refractivity contribution is -0.137. The lowest BCUT2D eigenvalue weighted by Crippen LogP contribution is -2.34. The molecule has 0 aliphatic carbocycles. The lowest BCUT2D eigenvalue weighted by Gasteiger charge is -2.19. The summed E-state index contributed by atoms with van der Waals surface area (Å²) < 4.78 is 57.1. The van der Waals surface area contributed by atoms with Crippen molar-refractivity contribution in [3.63, 3.8) is 0 Å². The van der Waals surface area contributed by atoms with Crippen LogP contribution < -0.4 is 10.2 Å². The second-order valence-corrected chi connectivity index (χ2v) is 7.40. The number of nitrogens with zero attached hydrogens (tertiary/aromatic N) is 2. The van der Waals surface area contributed by atoms with Gasteiger partial charge in [-0.1, -0.05) is 0 Å². The van der Waals surface area contributed by atoms with Crippen molar-refractivity contribution < 1.29 is 26.8 Å². The molecule has 2 atom stereocenters. The van der Waals surface area contributed by atoms with Crippen LogP contribution in [-0.4, -0.2) is 24.0 Å². The third-order valence-electron chi connectivity index (χ3n) is 5.24. The fourth-order valence-electron chi connectivity index (χ4n) is 3.57. The molecular formula is C21H19F4N3O2. The standard InChI is InChI=1S/C21H19F4N3O2/c1-12(18-9-14-8-16(22)3-4-17(14)30-18)27-20(29)13-6-7-28(11-13)19-5-2-15(10-26-19)21(23,24)25/h2-5,8-10,12-13H,6-7,11H2,1H3,(H,27,29)/t12?,13-/m1/s1. The molecule has 9 heteroatoms. The SMILES string of the molecule is CC(NC(=O)[C@@H]1CCN(c2ccc(C(F)(F)F)cn2)C1)c1cc2cc(F)ccc2o1. The molecule has 2 aromatic heterocycles. The van der Waals surface area contributed by atoms with Crippen molar-refractivity contribution in [3.05, 3.63) is 59.7 Å². The molecule has 1 aliphatic heterocycles. The van der Waals surface area contributed by atoms with Gasteiger partial charge in [-0.05, 0) is 49.7 Å². The Bertz CT molecular complexity index is 1060. The number of alkyl halides is 3. The van der Waals surface area contributed by atoms with Crippen molar-refractivity contribution in [1.29, 1.82) is 0 Å². The minimum atomic E-state index is -4.43. The largest absolute Gasteiger partial charge is 0.459 e. The number of aromatic nitrogens is 1. The minimum absolute atomic E-state index is 0.177. The second kappa shape index (κ2) is 7.62. The van der Waals surface area contributed by atoms with Gasteiger partial charge in [-0.2, -0.15) is 13.2 Å². The van der Waals surface area contributed by atoms with E-state index in [9.17, 15) is 22.4 Å². The number of nitrogens with one attached hydrogen (secondary N) is 1. The number of carbonyl (C=O) groups excluding carboxylic acids is 1. The van der Waals surface area contributed by atoms with E-state index < -0.39 is 17.8 Å². The highest BCUT2D eigenvalue weighted by Gasteiger charge is 2.33. The van der Waals surface area contributed by atoms with E-state index in [4.69, 9.17) is 4.42 Å². The Morgan fingerprint density at radius 1 is 1.27 bits per heavy atom. The van der Waals surface area contributed by atoms with E-state index in [0.717, 1.165) is 12.3 Å². The van der Waals surface area contributed by atoms with Crippen LogP contribution in [-0.2, 0) is 11.0 Å². The quantitative estimate of drug-likeness (QED) is 0.621. The fourth-order valence-corrected chi connectivity index (χ4v) is 3.57. The molecule has 0 saturated carbocycles. The molecule has 0 spiro atoms.